The number of rotatable bonds is 6. The first-order valence-corrected chi connectivity index (χ1v) is 5.97. The minimum atomic E-state index is -0.250. The van der Waals surface area contributed by atoms with Gasteiger partial charge in [0, 0.05) is 0 Å². The normalized spacial score (nSPS) is 9.06. The van der Waals surface area contributed by atoms with Crippen molar-refractivity contribution in [3.8, 4) is 0 Å². The van der Waals surface area contributed by atoms with Crippen LogP contribution in [0.4, 0.5) is 0 Å². The Kier molecular flexibility index (Phi) is 10.8. The first-order valence-electron chi connectivity index (χ1n) is 5.97. The number of carbonyl (C=O) groups is 1. The van der Waals surface area contributed by atoms with Gasteiger partial charge in [-0.25, -0.2) is 0 Å². The molecule has 16 heavy (non-hydrogen) atoms. The Bertz CT molecular complexity index is 244. The molecule has 0 saturated heterocycles. The van der Waals surface area contributed by atoms with Crippen LogP contribution in [-0.2, 0) is 11.2 Å². The van der Waals surface area contributed by atoms with Gasteiger partial charge in [0.15, 0.2) is 0 Å². The summed E-state index contributed by atoms with van der Waals surface area (Å²) in [4.78, 5) is 8.36. The average Bonchev–Trinajstić information content (AvgIpc) is 2.31. The molecular weight excluding hydrogens is 200 g/mol. The molecule has 0 atom stereocenters. The minimum Gasteiger partial charge on any atom is -0.483 e. The Morgan fingerprint density at radius 1 is 1.06 bits per heavy atom. The molecule has 0 saturated carbocycles. The van der Waals surface area contributed by atoms with Crippen LogP contribution in [0.1, 0.15) is 44.6 Å². The molecule has 0 aliphatic heterocycles. The van der Waals surface area contributed by atoms with Crippen molar-refractivity contribution in [3.63, 3.8) is 0 Å². The zero-order valence-corrected chi connectivity index (χ0v) is 10.1. The topological polar surface area (TPSA) is 37.3 Å². The van der Waals surface area contributed by atoms with E-state index < -0.39 is 0 Å². The average molecular weight is 222 g/mol. The fourth-order valence-corrected chi connectivity index (χ4v) is 1.58. The first kappa shape index (κ1) is 14.7. The predicted octanol–water partition coefficient (Wildman–Crippen LogP) is 3.90. The lowest BCUT2D eigenvalue weighted by atomic mass is 10.1. The summed E-state index contributed by atoms with van der Waals surface area (Å²) in [5.41, 5.74) is 1.49. The van der Waals surface area contributed by atoms with Crippen molar-refractivity contribution in [3.05, 3.63) is 35.9 Å². The van der Waals surface area contributed by atoms with Crippen LogP contribution in [0.3, 0.4) is 0 Å². The highest BCUT2D eigenvalue weighted by Crippen LogP contribution is 2.08. The lowest BCUT2D eigenvalue weighted by molar-refractivity contribution is -0.122. The van der Waals surface area contributed by atoms with E-state index in [4.69, 9.17) is 9.90 Å². The molecule has 0 radical (unpaired) electrons. The molecule has 1 rings (SSSR count). The Morgan fingerprint density at radius 2 is 1.62 bits per heavy atom. The van der Waals surface area contributed by atoms with Gasteiger partial charge in [-0.3, -0.25) is 4.79 Å². The van der Waals surface area contributed by atoms with Crippen molar-refractivity contribution in [1.29, 1.82) is 0 Å². The van der Waals surface area contributed by atoms with Gasteiger partial charge < -0.3 is 5.11 Å². The van der Waals surface area contributed by atoms with E-state index in [1.807, 2.05) is 0 Å². The smallest absolute Gasteiger partial charge is 0.290 e. The third-order valence-electron chi connectivity index (χ3n) is 2.41. The van der Waals surface area contributed by atoms with E-state index in [0.717, 1.165) is 0 Å². The van der Waals surface area contributed by atoms with Crippen LogP contribution in [0, 0.1) is 0 Å². The molecule has 0 aliphatic rings. The number of hydrogen-bond donors (Lipinski definition) is 1. The summed E-state index contributed by atoms with van der Waals surface area (Å²) in [5, 5.41) is 6.89. The second kappa shape index (κ2) is 11.8. The highest BCUT2D eigenvalue weighted by Gasteiger charge is 1.91. The van der Waals surface area contributed by atoms with Crippen LogP contribution >= 0.6 is 0 Å². The summed E-state index contributed by atoms with van der Waals surface area (Å²) < 4.78 is 0. The van der Waals surface area contributed by atoms with Gasteiger partial charge in [-0.1, -0.05) is 62.9 Å². The largest absolute Gasteiger partial charge is 0.483 e. The Hall–Kier alpha value is -1.31. The molecule has 0 unspecified atom stereocenters. The van der Waals surface area contributed by atoms with Gasteiger partial charge in [0.05, 0.1) is 0 Å². The van der Waals surface area contributed by atoms with Crippen molar-refractivity contribution in [2.75, 3.05) is 0 Å². The SMILES string of the molecule is CCCCCCCc1ccccc1.O=CO. The first-order chi connectivity index (χ1) is 7.85. The molecule has 1 aromatic rings. The highest BCUT2D eigenvalue weighted by atomic mass is 16.3. The van der Waals surface area contributed by atoms with E-state index in [2.05, 4.69) is 37.3 Å². The monoisotopic (exact) mass is 222 g/mol. The third-order valence-corrected chi connectivity index (χ3v) is 2.41. The zero-order valence-electron chi connectivity index (χ0n) is 10.1. The standard InChI is InChI=1S/C13H20.CH2O2/c1-2-3-4-5-7-10-13-11-8-6-9-12-13;2-1-3/h6,8-9,11-12H,2-5,7,10H2,1H3;1H,(H,2,3). The van der Waals surface area contributed by atoms with Crippen molar-refractivity contribution >= 4 is 6.47 Å². The van der Waals surface area contributed by atoms with E-state index in [-0.39, 0.29) is 6.47 Å². The summed E-state index contributed by atoms with van der Waals surface area (Å²) in [6.07, 6.45) is 8.14. The lowest BCUT2D eigenvalue weighted by Crippen LogP contribution is -1.84. The van der Waals surface area contributed by atoms with Crippen LogP contribution in [-0.4, -0.2) is 11.6 Å². The van der Waals surface area contributed by atoms with Crippen LogP contribution in [0.25, 0.3) is 0 Å². The van der Waals surface area contributed by atoms with Crippen molar-refractivity contribution in [1.82, 2.24) is 0 Å². The fourth-order valence-electron chi connectivity index (χ4n) is 1.58. The van der Waals surface area contributed by atoms with Gasteiger partial charge in [-0.05, 0) is 18.4 Å². The zero-order chi connectivity index (χ0) is 12.1. The van der Waals surface area contributed by atoms with E-state index >= 15 is 0 Å². The van der Waals surface area contributed by atoms with Gasteiger partial charge in [-0.15, -0.1) is 0 Å². The molecule has 0 amide bonds. The molecule has 90 valence electrons. The van der Waals surface area contributed by atoms with Crippen molar-refractivity contribution < 1.29 is 9.90 Å². The number of hydrogen-bond acceptors (Lipinski definition) is 1. The van der Waals surface area contributed by atoms with Gasteiger partial charge in [0.25, 0.3) is 6.47 Å². The van der Waals surface area contributed by atoms with Crippen LogP contribution in [0.15, 0.2) is 30.3 Å². The summed E-state index contributed by atoms with van der Waals surface area (Å²) in [7, 11) is 0. The maximum atomic E-state index is 8.36. The number of unbranched alkanes of at least 4 members (excludes halogenated alkanes) is 4. The lowest BCUT2D eigenvalue weighted by Gasteiger charge is -2.00. The second-order valence-corrected chi connectivity index (χ2v) is 3.76. The Labute approximate surface area is 98.3 Å². The molecule has 0 bridgehead atoms. The summed E-state index contributed by atoms with van der Waals surface area (Å²) in [6.45, 7) is 2.01. The summed E-state index contributed by atoms with van der Waals surface area (Å²) >= 11 is 0. The fraction of sp³-hybridized carbons (Fsp3) is 0.500. The Morgan fingerprint density at radius 3 is 2.19 bits per heavy atom. The van der Waals surface area contributed by atoms with Crippen LogP contribution in [0.2, 0.25) is 0 Å². The van der Waals surface area contributed by atoms with Crippen molar-refractivity contribution in [2.24, 2.45) is 0 Å². The molecule has 0 fully saturated rings. The molecule has 2 heteroatoms. The van der Waals surface area contributed by atoms with E-state index in [1.54, 1.807) is 0 Å². The minimum absolute atomic E-state index is 0.250. The molecule has 0 heterocycles. The van der Waals surface area contributed by atoms with Gasteiger partial charge >= 0.3 is 0 Å². The summed E-state index contributed by atoms with van der Waals surface area (Å²) in [6, 6.07) is 10.8. The van der Waals surface area contributed by atoms with Gasteiger partial charge in [0.2, 0.25) is 0 Å². The van der Waals surface area contributed by atoms with E-state index in [0.29, 0.717) is 0 Å². The summed E-state index contributed by atoms with van der Waals surface area (Å²) in [5.74, 6) is 0. The van der Waals surface area contributed by atoms with Crippen LogP contribution < -0.4 is 0 Å². The molecule has 1 N–H and O–H groups in total. The van der Waals surface area contributed by atoms with Gasteiger partial charge in [0.1, 0.15) is 0 Å². The quantitative estimate of drug-likeness (QED) is 0.585. The molecule has 1 aromatic carbocycles. The van der Waals surface area contributed by atoms with E-state index in [1.165, 1.54) is 44.1 Å². The number of carboxylic acid groups (broad SMARTS) is 1. The second-order valence-electron chi connectivity index (χ2n) is 3.76. The van der Waals surface area contributed by atoms with Crippen LogP contribution in [0.5, 0.6) is 0 Å². The maximum Gasteiger partial charge on any atom is 0.290 e. The number of benzene rings is 1. The number of aryl methyl sites for hydroxylation is 1. The molecule has 2 nitrogen and oxygen atoms in total. The molecule has 0 aromatic heterocycles. The van der Waals surface area contributed by atoms with Gasteiger partial charge in [-0.2, -0.15) is 0 Å². The molecular formula is C14H22O2. The maximum absolute atomic E-state index is 8.36. The predicted molar refractivity (Wildman–Crippen MR) is 67.6 cm³/mol. The molecule has 0 spiro atoms. The Balaban J connectivity index is 0.000000673. The third kappa shape index (κ3) is 9.25. The van der Waals surface area contributed by atoms with Crippen molar-refractivity contribution in [2.45, 2.75) is 45.4 Å². The highest BCUT2D eigenvalue weighted by molar-refractivity contribution is 5.32. The molecule has 0 aliphatic carbocycles. The van der Waals surface area contributed by atoms with E-state index in [9.17, 15) is 0 Å².